The molecule has 0 spiro atoms. The molecule has 1 aliphatic rings. The number of hydrogen-bond donors (Lipinski definition) is 1. The maximum Gasteiger partial charge on any atom is 0.273 e. The number of rotatable bonds is 2. The molecule has 0 aromatic carbocycles. The van der Waals surface area contributed by atoms with Crippen LogP contribution in [0.5, 0.6) is 5.19 Å². The lowest BCUT2D eigenvalue weighted by Crippen LogP contribution is -2.37. The van der Waals surface area contributed by atoms with Gasteiger partial charge in [0.1, 0.15) is 6.10 Å². The molecule has 1 aliphatic heterocycles. The summed E-state index contributed by atoms with van der Waals surface area (Å²) < 4.78 is 5.72. The molecular weight excluding hydrogens is 184 g/mol. The van der Waals surface area contributed by atoms with Crippen molar-refractivity contribution in [3.8, 4) is 5.19 Å². The molecule has 72 valence electrons. The molecule has 2 heterocycles. The maximum absolute atomic E-state index is 5.72. The first-order chi connectivity index (χ1) is 6.34. The van der Waals surface area contributed by atoms with E-state index in [1.54, 1.807) is 11.3 Å². The molecular formula is C9H14N2OS. The molecule has 13 heavy (non-hydrogen) atoms. The van der Waals surface area contributed by atoms with E-state index in [0.29, 0.717) is 6.10 Å². The fourth-order valence-corrected chi connectivity index (χ4v) is 2.16. The summed E-state index contributed by atoms with van der Waals surface area (Å²) in [6, 6.07) is 0. The van der Waals surface area contributed by atoms with Gasteiger partial charge in [-0.3, -0.25) is 0 Å². The van der Waals surface area contributed by atoms with Gasteiger partial charge >= 0.3 is 0 Å². The van der Waals surface area contributed by atoms with Crippen molar-refractivity contribution >= 4 is 11.3 Å². The number of nitrogens with one attached hydrogen (secondary N) is 1. The van der Waals surface area contributed by atoms with E-state index in [1.165, 1.54) is 6.42 Å². The van der Waals surface area contributed by atoms with Crippen molar-refractivity contribution in [3.63, 3.8) is 0 Å². The van der Waals surface area contributed by atoms with E-state index in [9.17, 15) is 0 Å². The van der Waals surface area contributed by atoms with Crippen LogP contribution in [-0.4, -0.2) is 24.2 Å². The minimum atomic E-state index is 0.319. The summed E-state index contributed by atoms with van der Waals surface area (Å²) in [5.74, 6) is 0. The van der Waals surface area contributed by atoms with Crippen LogP contribution < -0.4 is 10.1 Å². The molecule has 1 aromatic heterocycles. The van der Waals surface area contributed by atoms with Gasteiger partial charge in [-0.15, -0.1) is 0 Å². The van der Waals surface area contributed by atoms with E-state index in [0.717, 1.165) is 30.4 Å². The van der Waals surface area contributed by atoms with Gasteiger partial charge in [-0.2, -0.15) is 0 Å². The molecule has 1 saturated heterocycles. The average Bonchev–Trinajstić information content (AvgIpc) is 2.53. The highest BCUT2D eigenvalue weighted by molar-refractivity contribution is 7.11. The van der Waals surface area contributed by atoms with E-state index in [4.69, 9.17) is 4.74 Å². The van der Waals surface area contributed by atoms with E-state index in [2.05, 4.69) is 10.3 Å². The first kappa shape index (κ1) is 8.97. The lowest BCUT2D eigenvalue weighted by Gasteiger charge is -2.22. The van der Waals surface area contributed by atoms with Crippen LogP contribution in [-0.2, 0) is 0 Å². The Kier molecular flexibility index (Phi) is 2.80. The van der Waals surface area contributed by atoms with Gasteiger partial charge in [0.2, 0.25) is 0 Å². The second-order valence-electron chi connectivity index (χ2n) is 3.34. The number of piperidine rings is 1. The Morgan fingerprint density at radius 2 is 2.62 bits per heavy atom. The zero-order valence-corrected chi connectivity index (χ0v) is 8.56. The molecule has 4 heteroatoms. The number of nitrogens with zero attached hydrogens (tertiary/aromatic N) is 1. The summed E-state index contributed by atoms with van der Waals surface area (Å²) >= 11 is 1.58. The van der Waals surface area contributed by atoms with Crippen LogP contribution >= 0.6 is 11.3 Å². The lowest BCUT2D eigenvalue weighted by atomic mass is 10.1. The third-order valence-corrected chi connectivity index (χ3v) is 2.97. The van der Waals surface area contributed by atoms with Gasteiger partial charge in [-0.05, 0) is 26.3 Å². The summed E-state index contributed by atoms with van der Waals surface area (Å²) in [5.41, 5.74) is 1.05. The number of aryl methyl sites for hydroxylation is 1. The standard InChI is InChI=1S/C9H14N2OS/c1-7-6-13-9(11-7)12-8-3-2-4-10-5-8/h6,8,10H,2-5H2,1H3. The van der Waals surface area contributed by atoms with Gasteiger partial charge < -0.3 is 10.1 Å². The Morgan fingerprint density at radius 3 is 3.23 bits per heavy atom. The van der Waals surface area contributed by atoms with Crippen LogP contribution in [0.2, 0.25) is 0 Å². The third kappa shape index (κ3) is 2.42. The Bertz CT molecular complexity index is 268. The van der Waals surface area contributed by atoms with E-state index < -0.39 is 0 Å². The van der Waals surface area contributed by atoms with Gasteiger partial charge in [0, 0.05) is 11.9 Å². The second kappa shape index (κ2) is 4.07. The highest BCUT2D eigenvalue weighted by Crippen LogP contribution is 2.20. The topological polar surface area (TPSA) is 34.1 Å². The quantitative estimate of drug-likeness (QED) is 0.783. The smallest absolute Gasteiger partial charge is 0.273 e. The van der Waals surface area contributed by atoms with E-state index in [-0.39, 0.29) is 0 Å². The fourth-order valence-electron chi connectivity index (χ4n) is 1.45. The molecule has 0 radical (unpaired) electrons. The number of hydrogen-bond acceptors (Lipinski definition) is 4. The number of ether oxygens (including phenoxy) is 1. The van der Waals surface area contributed by atoms with Gasteiger partial charge in [0.05, 0.1) is 5.69 Å². The van der Waals surface area contributed by atoms with Crippen molar-refractivity contribution in [3.05, 3.63) is 11.1 Å². The Hall–Kier alpha value is -0.610. The molecule has 1 fully saturated rings. The summed E-state index contributed by atoms with van der Waals surface area (Å²) in [4.78, 5) is 4.27. The predicted octanol–water partition coefficient (Wildman–Crippen LogP) is 1.58. The molecule has 0 bridgehead atoms. The molecule has 1 atom stereocenters. The normalized spacial score (nSPS) is 23.0. The zero-order chi connectivity index (χ0) is 9.10. The van der Waals surface area contributed by atoms with Crippen LogP contribution in [0.15, 0.2) is 5.38 Å². The van der Waals surface area contributed by atoms with Crippen molar-refractivity contribution in [1.29, 1.82) is 0 Å². The number of aromatic nitrogens is 1. The molecule has 0 aliphatic carbocycles. The molecule has 0 amide bonds. The first-order valence-corrected chi connectivity index (χ1v) is 5.52. The van der Waals surface area contributed by atoms with Gasteiger partial charge in [-0.1, -0.05) is 11.3 Å². The van der Waals surface area contributed by atoms with Crippen LogP contribution in [0.3, 0.4) is 0 Å². The third-order valence-electron chi connectivity index (χ3n) is 2.12. The molecule has 1 aromatic rings. The Morgan fingerprint density at radius 1 is 1.69 bits per heavy atom. The highest BCUT2D eigenvalue weighted by Gasteiger charge is 2.15. The average molecular weight is 198 g/mol. The van der Waals surface area contributed by atoms with Gasteiger partial charge in [-0.25, -0.2) is 4.98 Å². The van der Waals surface area contributed by atoms with Crippen molar-refractivity contribution in [2.75, 3.05) is 13.1 Å². The van der Waals surface area contributed by atoms with E-state index in [1.807, 2.05) is 12.3 Å². The minimum Gasteiger partial charge on any atom is -0.465 e. The summed E-state index contributed by atoms with van der Waals surface area (Å²) in [5, 5.41) is 6.14. The summed E-state index contributed by atoms with van der Waals surface area (Å²) in [6.45, 7) is 4.07. The van der Waals surface area contributed by atoms with Gasteiger partial charge in [0.15, 0.2) is 0 Å². The van der Waals surface area contributed by atoms with Crippen molar-refractivity contribution in [1.82, 2.24) is 10.3 Å². The fraction of sp³-hybridized carbons (Fsp3) is 0.667. The van der Waals surface area contributed by atoms with Crippen molar-refractivity contribution < 1.29 is 4.74 Å². The zero-order valence-electron chi connectivity index (χ0n) is 7.75. The SMILES string of the molecule is Cc1csc(OC2CCCNC2)n1. The molecule has 0 saturated carbocycles. The van der Waals surface area contributed by atoms with Crippen LogP contribution in [0.4, 0.5) is 0 Å². The van der Waals surface area contributed by atoms with E-state index >= 15 is 0 Å². The second-order valence-corrected chi connectivity index (χ2v) is 4.16. The predicted molar refractivity (Wildman–Crippen MR) is 53.4 cm³/mol. The van der Waals surface area contributed by atoms with Crippen molar-refractivity contribution in [2.45, 2.75) is 25.9 Å². The molecule has 3 nitrogen and oxygen atoms in total. The lowest BCUT2D eigenvalue weighted by molar-refractivity contribution is 0.166. The molecule has 1 unspecified atom stereocenters. The Balaban J connectivity index is 1.89. The van der Waals surface area contributed by atoms with Crippen LogP contribution in [0.1, 0.15) is 18.5 Å². The summed E-state index contributed by atoms with van der Waals surface area (Å²) in [6.07, 6.45) is 2.67. The monoisotopic (exact) mass is 198 g/mol. The van der Waals surface area contributed by atoms with Gasteiger partial charge in [0.25, 0.3) is 5.19 Å². The first-order valence-electron chi connectivity index (χ1n) is 4.64. The van der Waals surface area contributed by atoms with Crippen molar-refractivity contribution in [2.24, 2.45) is 0 Å². The van der Waals surface area contributed by atoms with Crippen LogP contribution in [0.25, 0.3) is 0 Å². The molecule has 1 N–H and O–H groups in total. The largest absolute Gasteiger partial charge is 0.465 e. The summed E-state index contributed by atoms with van der Waals surface area (Å²) in [7, 11) is 0. The Labute approximate surface area is 82.1 Å². The maximum atomic E-state index is 5.72. The number of thiazole rings is 1. The van der Waals surface area contributed by atoms with Crippen LogP contribution in [0, 0.1) is 6.92 Å². The minimum absolute atomic E-state index is 0.319. The molecule has 2 rings (SSSR count). The highest BCUT2D eigenvalue weighted by atomic mass is 32.1.